The molecule has 1 unspecified atom stereocenters. The Morgan fingerprint density at radius 3 is 1.09 bits per heavy atom. The van der Waals surface area contributed by atoms with E-state index in [9.17, 15) is 37.1 Å². The number of aromatic nitrogens is 5. The lowest BCUT2D eigenvalue weighted by Crippen LogP contribution is -2.27. The van der Waals surface area contributed by atoms with Gasteiger partial charge in [0.1, 0.15) is 45.9 Å². The van der Waals surface area contributed by atoms with Crippen LogP contribution in [-0.4, -0.2) is 54.5 Å². The summed E-state index contributed by atoms with van der Waals surface area (Å²) in [5, 5.41) is 19.4. The zero-order valence-electron chi connectivity index (χ0n) is 62.6. The van der Waals surface area contributed by atoms with E-state index < -0.39 is 0 Å². The lowest BCUT2D eigenvalue weighted by molar-refractivity contribution is 0.0926. The van der Waals surface area contributed by atoms with Gasteiger partial charge in [-0.2, -0.15) is 0 Å². The Morgan fingerprint density at radius 1 is 0.321 bits per heavy atom. The van der Waals surface area contributed by atoms with E-state index in [2.05, 4.69) is 83.6 Å². The Kier molecular flexibility index (Phi) is 25.1. The van der Waals surface area contributed by atoms with Crippen LogP contribution in [0.1, 0.15) is 172 Å². The molecule has 0 aliphatic carbocycles. The van der Waals surface area contributed by atoms with Gasteiger partial charge in [-0.1, -0.05) is 169 Å². The zero-order valence-corrected chi connectivity index (χ0v) is 62.6. The van der Waals surface area contributed by atoms with E-state index in [1.165, 1.54) is 53.1 Å². The van der Waals surface area contributed by atoms with Crippen molar-refractivity contribution in [2.75, 3.05) is 0 Å². The molecule has 10 aromatic carbocycles. The van der Waals surface area contributed by atoms with E-state index in [1.807, 2.05) is 225 Å². The van der Waals surface area contributed by atoms with Crippen LogP contribution >= 0.6 is 0 Å². The molecule has 5 aromatic heterocycles. The number of aryl methyl sites for hydroxylation is 6. The Morgan fingerprint density at radius 2 is 0.670 bits per heavy atom. The van der Waals surface area contributed by atoms with Crippen molar-refractivity contribution >= 4 is 84.1 Å². The molecule has 0 bridgehead atoms. The zero-order chi connectivity index (χ0) is 77.4. The van der Waals surface area contributed by atoms with Gasteiger partial charge in [0.2, 0.25) is 0 Å². The summed E-state index contributed by atoms with van der Waals surface area (Å²) in [5.41, 5.74) is 18.4. The van der Waals surface area contributed by atoms with Gasteiger partial charge in [0.15, 0.2) is 0 Å². The molecule has 15 aromatic rings. The van der Waals surface area contributed by atoms with Crippen molar-refractivity contribution in [3.63, 3.8) is 0 Å². The first kappa shape index (κ1) is 77.1. The van der Waals surface area contributed by atoms with E-state index in [4.69, 9.17) is 0 Å². The van der Waals surface area contributed by atoms with E-state index in [1.54, 1.807) is 24.3 Å². The minimum absolute atomic E-state index is 0.0219. The molecular formula is C91H89F3N10O5. The van der Waals surface area contributed by atoms with Crippen LogP contribution in [0.4, 0.5) is 13.2 Å². The summed E-state index contributed by atoms with van der Waals surface area (Å²) in [5.74, 6) is -1.66. The second kappa shape index (κ2) is 35.4. The highest BCUT2D eigenvalue weighted by Crippen LogP contribution is 2.28. The van der Waals surface area contributed by atoms with Gasteiger partial charge in [-0.15, -0.1) is 0 Å². The highest BCUT2D eigenvalue weighted by Gasteiger charge is 2.21. The second-order valence-corrected chi connectivity index (χ2v) is 27.4. The summed E-state index contributed by atoms with van der Waals surface area (Å²) in [6, 6.07) is 76.3. The molecule has 0 radical (unpaired) electrons. The fraction of sp³-hybridized carbons (Fsp3) is 0.176. The molecule has 5 heterocycles. The van der Waals surface area contributed by atoms with E-state index in [0.29, 0.717) is 35.0 Å². The fourth-order valence-electron chi connectivity index (χ4n) is 12.7. The number of hydrogen-bond donors (Lipinski definition) is 10. The van der Waals surface area contributed by atoms with Gasteiger partial charge in [0.05, 0.1) is 24.2 Å². The number of amides is 5. The number of aromatic amines is 5. The molecule has 15 nitrogen and oxygen atoms in total. The predicted molar refractivity (Wildman–Crippen MR) is 431 cm³/mol. The first-order chi connectivity index (χ1) is 52.4. The molecule has 15 rings (SSSR count). The Labute approximate surface area is 631 Å². The lowest BCUT2D eigenvalue weighted by atomic mass is 10.1. The van der Waals surface area contributed by atoms with Crippen LogP contribution < -0.4 is 26.6 Å². The SMILES string of the molecule is CCc1ccc2[nH]c(C(=O)N[C@H](C)c3ccccc3)cc2c1.Cc1c(C(=O)N[C@@H](C)c2ccccc2)[nH]c2ccc(F)cc12.Cc1c(C(=O)N[C@H](C)c2ccccc2)[nH]c2ccc(F)cc12.Cc1ccc(CNC(=O)c2cc3cc(C)ccc3[nH]2)cc1.Cc1ccc2[nH]c(C(=O)NC(C)c3cccc(F)c3)cc2c1. The van der Waals surface area contributed by atoms with Crippen molar-refractivity contribution in [2.45, 2.75) is 106 Å². The normalized spacial score (nSPS) is 12.0. The van der Waals surface area contributed by atoms with Crippen molar-refractivity contribution in [2.24, 2.45) is 0 Å². The highest BCUT2D eigenvalue weighted by atomic mass is 19.1. The molecule has 10 N–H and O–H groups in total. The third kappa shape index (κ3) is 20.0. The molecule has 0 aliphatic heterocycles. The van der Waals surface area contributed by atoms with E-state index >= 15 is 0 Å². The van der Waals surface area contributed by atoms with Crippen molar-refractivity contribution in [1.82, 2.24) is 51.5 Å². The van der Waals surface area contributed by atoms with Crippen LogP contribution in [0, 0.1) is 52.1 Å². The molecule has 18 heteroatoms. The first-order valence-electron chi connectivity index (χ1n) is 36.3. The average Bonchev–Trinajstić information content (AvgIpc) is 1.66. The maximum absolute atomic E-state index is 13.3. The number of benzene rings is 10. The Hall–Kier alpha value is -13.0. The molecule has 0 spiro atoms. The summed E-state index contributed by atoms with van der Waals surface area (Å²) in [7, 11) is 0. The summed E-state index contributed by atoms with van der Waals surface area (Å²) < 4.78 is 39.9. The van der Waals surface area contributed by atoms with Crippen LogP contribution in [0.5, 0.6) is 0 Å². The summed E-state index contributed by atoms with van der Waals surface area (Å²) in [6.07, 6.45) is 0.994. The third-order valence-electron chi connectivity index (χ3n) is 19.1. The second-order valence-electron chi connectivity index (χ2n) is 27.4. The largest absolute Gasteiger partial charge is 0.351 e. The predicted octanol–water partition coefficient (Wildman–Crippen LogP) is 20.3. The maximum atomic E-state index is 13.3. The molecule has 0 aliphatic rings. The molecule has 554 valence electrons. The summed E-state index contributed by atoms with van der Waals surface area (Å²) in [4.78, 5) is 77.5. The van der Waals surface area contributed by atoms with Gasteiger partial charge in [-0.25, -0.2) is 13.2 Å². The standard InChI is InChI=1S/C19H20N2O.3C18H17FN2O.C18H18N2O/c1-3-14-9-10-17-16(11-14)12-18(21-17)19(22)20-13(2)15-7-5-4-6-8-15;1-11-6-7-16-14(8-11)10-17(21-16)18(22)20-12(2)13-4-3-5-15(19)9-13;2*1-11-15-10-14(19)8-9-16(15)21-17(11)18(22)20-12(2)13-6-4-3-5-7-13;1-12-3-6-14(7-4-12)11-19-18(21)17-10-15-9-13(2)5-8-16(15)20-17/h4-13,21H,3H2,1-2H3,(H,20,22);3*3-10,12,21H,1-2H3,(H,20,22);3-10,20H,11H2,1-2H3,(H,19,21)/t13-;;2*12-;/m1.10./s1. The molecule has 4 atom stereocenters. The van der Waals surface area contributed by atoms with Crippen LogP contribution in [0.2, 0.25) is 0 Å². The van der Waals surface area contributed by atoms with Crippen molar-refractivity contribution in [3.8, 4) is 0 Å². The number of rotatable bonds is 16. The van der Waals surface area contributed by atoms with Crippen molar-refractivity contribution in [3.05, 3.63) is 356 Å². The molecular weight excluding hydrogens is 1370 g/mol. The van der Waals surface area contributed by atoms with Crippen LogP contribution in [0.25, 0.3) is 54.5 Å². The Bertz CT molecular complexity index is 5540. The van der Waals surface area contributed by atoms with E-state index in [-0.39, 0.29) is 71.2 Å². The Balaban J connectivity index is 0.000000135. The number of carbonyl (C=O) groups excluding carboxylic acids is 5. The number of halogens is 3. The molecule has 0 saturated carbocycles. The van der Waals surface area contributed by atoms with Crippen molar-refractivity contribution < 1.29 is 37.1 Å². The van der Waals surface area contributed by atoms with Gasteiger partial charge < -0.3 is 51.5 Å². The maximum Gasteiger partial charge on any atom is 0.268 e. The van der Waals surface area contributed by atoms with Gasteiger partial charge >= 0.3 is 0 Å². The lowest BCUT2D eigenvalue weighted by Gasteiger charge is -2.14. The summed E-state index contributed by atoms with van der Waals surface area (Å²) in [6.45, 7) is 20.1. The smallest absolute Gasteiger partial charge is 0.268 e. The van der Waals surface area contributed by atoms with Crippen molar-refractivity contribution in [1.29, 1.82) is 0 Å². The monoisotopic (exact) mass is 1460 g/mol. The van der Waals surface area contributed by atoms with Gasteiger partial charge in [0, 0.05) is 61.1 Å². The topological polar surface area (TPSA) is 224 Å². The number of H-pyrrole nitrogens is 5. The molecule has 109 heavy (non-hydrogen) atoms. The van der Waals surface area contributed by atoms with E-state index in [0.717, 1.165) is 105 Å². The van der Waals surface area contributed by atoms with Gasteiger partial charge in [-0.3, -0.25) is 24.0 Å². The fourth-order valence-corrected chi connectivity index (χ4v) is 12.7. The van der Waals surface area contributed by atoms with Crippen LogP contribution in [0.3, 0.4) is 0 Å². The van der Waals surface area contributed by atoms with Crippen LogP contribution in [0.15, 0.2) is 249 Å². The highest BCUT2D eigenvalue weighted by molar-refractivity contribution is 6.03. The minimum atomic E-state index is -0.306. The number of nitrogens with one attached hydrogen (secondary N) is 10. The van der Waals surface area contributed by atoms with Gasteiger partial charge in [-0.05, 0) is 216 Å². The minimum Gasteiger partial charge on any atom is -0.351 e. The summed E-state index contributed by atoms with van der Waals surface area (Å²) >= 11 is 0. The molecule has 0 fully saturated rings. The number of hydrogen-bond acceptors (Lipinski definition) is 5. The molecule has 0 saturated heterocycles. The number of carbonyl (C=O) groups is 5. The average molecular weight is 1460 g/mol. The third-order valence-corrected chi connectivity index (χ3v) is 19.1. The number of fused-ring (bicyclic) bond motifs is 5. The van der Waals surface area contributed by atoms with Gasteiger partial charge in [0.25, 0.3) is 29.5 Å². The van der Waals surface area contributed by atoms with Crippen LogP contribution in [-0.2, 0) is 13.0 Å². The first-order valence-corrected chi connectivity index (χ1v) is 36.3. The molecule has 5 amide bonds. The quantitative estimate of drug-likeness (QED) is 0.0455.